The van der Waals surface area contributed by atoms with Crippen LogP contribution in [-0.4, -0.2) is 31.0 Å². The summed E-state index contributed by atoms with van der Waals surface area (Å²) in [5, 5.41) is 9.38. The smallest absolute Gasteiger partial charge is 0.339 e. The summed E-state index contributed by atoms with van der Waals surface area (Å²) in [6, 6.07) is 7.94. The lowest BCUT2D eigenvalue weighted by atomic mass is 9.70. The fraction of sp³-hybridized carbons (Fsp3) is 0.556. The number of carboxylic acid groups (broad SMARTS) is 1. The first-order chi connectivity index (χ1) is 11.6. The zero-order valence-corrected chi connectivity index (χ0v) is 15.1. The Bertz CT molecular complexity index is 798. The van der Waals surface area contributed by atoms with E-state index in [-0.39, 0.29) is 17.3 Å². The van der Waals surface area contributed by atoms with Crippen LogP contribution < -0.4 is 0 Å². The van der Waals surface area contributed by atoms with Gasteiger partial charge in [0, 0.05) is 6.42 Å². The lowest BCUT2D eigenvalue weighted by Gasteiger charge is -2.36. The Morgan fingerprint density at radius 2 is 1.96 bits per heavy atom. The van der Waals surface area contributed by atoms with E-state index in [1.807, 2.05) is 13.8 Å². The van der Waals surface area contributed by atoms with Gasteiger partial charge in [0.15, 0.2) is 6.10 Å². The lowest BCUT2D eigenvalue weighted by Crippen LogP contribution is -2.43. The van der Waals surface area contributed by atoms with E-state index in [1.165, 1.54) is 12.1 Å². The minimum Gasteiger partial charge on any atom is -0.479 e. The number of aliphatic carboxylic acids is 1. The first-order valence-corrected chi connectivity index (χ1v) is 9.89. The molecule has 3 unspecified atom stereocenters. The molecule has 0 spiro atoms. The second-order valence-electron chi connectivity index (χ2n) is 7.59. The summed E-state index contributed by atoms with van der Waals surface area (Å²) in [4.78, 5) is 24.0. The Labute approximate surface area is 147 Å². The van der Waals surface area contributed by atoms with Crippen molar-refractivity contribution in [3.05, 3.63) is 35.9 Å². The van der Waals surface area contributed by atoms with E-state index >= 15 is 0 Å². The van der Waals surface area contributed by atoms with Crippen LogP contribution in [0.1, 0.15) is 44.8 Å². The summed E-state index contributed by atoms with van der Waals surface area (Å²) in [5.41, 5.74) is -1.15. The van der Waals surface area contributed by atoms with Crippen molar-refractivity contribution in [2.45, 2.75) is 39.2 Å². The normalized spacial score (nSPS) is 28.9. The van der Waals surface area contributed by atoms with Crippen LogP contribution in [-0.2, 0) is 23.9 Å². The highest BCUT2D eigenvalue weighted by Crippen LogP contribution is 2.64. The van der Waals surface area contributed by atoms with Gasteiger partial charge in [0.2, 0.25) is 0 Å². The van der Waals surface area contributed by atoms with Crippen molar-refractivity contribution < 1.29 is 27.3 Å². The zero-order valence-electron chi connectivity index (χ0n) is 14.3. The highest BCUT2D eigenvalue weighted by molar-refractivity contribution is 7.86. The van der Waals surface area contributed by atoms with Crippen LogP contribution >= 0.6 is 0 Å². The summed E-state index contributed by atoms with van der Waals surface area (Å²) in [5.74, 6) is -1.71. The lowest BCUT2D eigenvalue weighted by molar-refractivity contribution is -0.145. The van der Waals surface area contributed by atoms with Gasteiger partial charge in [-0.15, -0.1) is 0 Å². The van der Waals surface area contributed by atoms with Crippen molar-refractivity contribution in [3.8, 4) is 0 Å². The van der Waals surface area contributed by atoms with Crippen LogP contribution in [0, 0.1) is 16.7 Å². The van der Waals surface area contributed by atoms with Crippen LogP contribution in [0.2, 0.25) is 0 Å². The van der Waals surface area contributed by atoms with Gasteiger partial charge in [-0.1, -0.05) is 44.2 Å². The van der Waals surface area contributed by atoms with Crippen molar-refractivity contribution in [2.24, 2.45) is 16.7 Å². The first-order valence-electron chi connectivity index (χ1n) is 8.31. The SMILES string of the molecule is CC1(C)C2CCC1(CS(=O)(=O)OC(C(=O)O)c1ccccc1)C(=O)C2. The largest absolute Gasteiger partial charge is 0.479 e. The van der Waals surface area contributed by atoms with Crippen LogP contribution in [0.3, 0.4) is 0 Å². The van der Waals surface area contributed by atoms with Crippen molar-refractivity contribution >= 4 is 21.9 Å². The molecule has 1 aromatic rings. The van der Waals surface area contributed by atoms with Gasteiger partial charge in [-0.3, -0.25) is 4.79 Å². The number of carboxylic acids is 1. The minimum absolute atomic E-state index is 0.0486. The Morgan fingerprint density at radius 3 is 2.44 bits per heavy atom. The summed E-state index contributed by atoms with van der Waals surface area (Å²) in [7, 11) is -4.21. The molecule has 2 bridgehead atoms. The molecule has 2 aliphatic carbocycles. The van der Waals surface area contributed by atoms with Gasteiger partial charge in [0.1, 0.15) is 5.78 Å². The molecular weight excluding hydrogens is 344 g/mol. The molecule has 136 valence electrons. The van der Waals surface area contributed by atoms with Crippen molar-refractivity contribution in [1.82, 2.24) is 0 Å². The maximum atomic E-state index is 12.7. The number of hydrogen-bond donors (Lipinski definition) is 1. The average Bonchev–Trinajstić information content (AvgIpc) is 2.87. The quantitative estimate of drug-likeness (QED) is 0.777. The van der Waals surface area contributed by atoms with E-state index in [2.05, 4.69) is 0 Å². The number of hydrogen-bond acceptors (Lipinski definition) is 5. The van der Waals surface area contributed by atoms with Gasteiger partial charge in [-0.05, 0) is 29.7 Å². The molecule has 2 aliphatic rings. The maximum Gasteiger partial charge on any atom is 0.339 e. The van der Waals surface area contributed by atoms with Crippen molar-refractivity contribution in [2.75, 3.05) is 5.75 Å². The predicted octanol–water partition coefficient (Wildman–Crippen LogP) is 2.55. The Balaban J connectivity index is 1.87. The van der Waals surface area contributed by atoms with Crippen molar-refractivity contribution in [1.29, 1.82) is 0 Å². The summed E-state index contributed by atoms with van der Waals surface area (Å²) in [6.45, 7) is 3.86. The molecule has 0 aliphatic heterocycles. The van der Waals surface area contributed by atoms with E-state index in [0.717, 1.165) is 6.42 Å². The summed E-state index contributed by atoms with van der Waals surface area (Å²) >= 11 is 0. The molecule has 25 heavy (non-hydrogen) atoms. The van der Waals surface area contributed by atoms with Gasteiger partial charge >= 0.3 is 5.97 Å². The van der Waals surface area contributed by atoms with Crippen LogP contribution in [0.15, 0.2) is 30.3 Å². The third-order valence-corrected chi connectivity index (χ3v) is 7.46. The number of fused-ring (bicyclic) bond motifs is 2. The van der Waals surface area contributed by atoms with Gasteiger partial charge in [0.25, 0.3) is 10.1 Å². The molecule has 2 saturated carbocycles. The third kappa shape index (κ3) is 2.89. The molecule has 1 N–H and O–H groups in total. The third-order valence-electron chi connectivity index (χ3n) is 6.13. The Kier molecular flexibility index (Phi) is 4.28. The van der Waals surface area contributed by atoms with E-state index in [4.69, 9.17) is 4.18 Å². The molecule has 3 atom stereocenters. The molecule has 0 aromatic heterocycles. The molecule has 3 rings (SSSR count). The number of benzene rings is 1. The topological polar surface area (TPSA) is 97.7 Å². The number of rotatable bonds is 6. The molecular formula is C18H22O6S. The standard InChI is InChI=1S/C18H22O6S/c1-17(2)13-8-9-18(17,14(19)10-13)11-25(22,23)24-15(16(20)21)12-6-4-3-5-7-12/h3-7,13,15H,8-11H2,1-2H3,(H,20,21). The molecule has 0 heterocycles. The van der Waals surface area contributed by atoms with Crippen LogP contribution in [0.25, 0.3) is 0 Å². The van der Waals surface area contributed by atoms with Gasteiger partial charge < -0.3 is 5.11 Å². The predicted molar refractivity (Wildman–Crippen MR) is 90.3 cm³/mol. The molecule has 0 radical (unpaired) electrons. The fourth-order valence-corrected chi connectivity index (χ4v) is 6.29. The monoisotopic (exact) mass is 366 g/mol. The molecule has 0 saturated heterocycles. The molecule has 0 amide bonds. The highest BCUT2D eigenvalue weighted by Gasteiger charge is 2.65. The van der Waals surface area contributed by atoms with E-state index in [9.17, 15) is 23.1 Å². The summed E-state index contributed by atoms with van der Waals surface area (Å²) in [6.07, 6.45) is 0.105. The van der Waals surface area contributed by atoms with Gasteiger partial charge in [0.05, 0.1) is 11.2 Å². The number of carbonyl (C=O) groups is 2. The number of carbonyl (C=O) groups excluding carboxylic acids is 1. The number of Topliss-reactive ketones (excluding diaryl/α,β-unsaturated/α-hetero) is 1. The summed E-state index contributed by atoms with van der Waals surface area (Å²) < 4.78 is 30.4. The number of ketones is 1. The second kappa shape index (κ2) is 5.92. The van der Waals surface area contributed by atoms with Crippen LogP contribution in [0.4, 0.5) is 0 Å². The minimum atomic E-state index is -4.21. The maximum absolute atomic E-state index is 12.7. The van der Waals surface area contributed by atoms with Crippen molar-refractivity contribution in [3.63, 3.8) is 0 Å². The fourth-order valence-electron chi connectivity index (χ4n) is 4.46. The van der Waals surface area contributed by atoms with Gasteiger partial charge in [-0.25, -0.2) is 8.98 Å². The van der Waals surface area contributed by atoms with E-state index in [0.29, 0.717) is 12.8 Å². The van der Waals surface area contributed by atoms with Crippen LogP contribution in [0.5, 0.6) is 0 Å². The first kappa shape index (κ1) is 18.1. The zero-order chi connectivity index (χ0) is 18.5. The van der Waals surface area contributed by atoms with E-state index < -0.39 is 38.8 Å². The van der Waals surface area contributed by atoms with E-state index in [1.54, 1.807) is 18.2 Å². The molecule has 2 fully saturated rings. The Hall–Kier alpha value is -1.73. The molecule has 6 nitrogen and oxygen atoms in total. The molecule has 1 aromatic carbocycles. The van der Waals surface area contributed by atoms with Gasteiger partial charge in [-0.2, -0.15) is 8.42 Å². The Morgan fingerprint density at radius 1 is 1.32 bits per heavy atom. The molecule has 7 heteroatoms. The highest BCUT2D eigenvalue weighted by atomic mass is 32.2. The second-order valence-corrected chi connectivity index (χ2v) is 9.19. The average molecular weight is 366 g/mol.